The van der Waals surface area contributed by atoms with Gasteiger partial charge in [0, 0.05) is 22.3 Å². The first-order chi connectivity index (χ1) is 11.8. The summed E-state index contributed by atoms with van der Waals surface area (Å²) in [6.45, 7) is 1.94. The van der Waals surface area contributed by atoms with Crippen LogP contribution in [0.25, 0.3) is 10.9 Å². The first-order valence-corrected chi connectivity index (χ1v) is 9.74. The zero-order valence-electron chi connectivity index (χ0n) is 13.3. The Hall–Kier alpha value is -2.44. The minimum Gasteiger partial charge on any atom is -0.425 e. The molecule has 0 aliphatic rings. The normalized spacial score (nSPS) is 11.4. The summed E-state index contributed by atoms with van der Waals surface area (Å²) in [5.41, 5.74) is 2.40. The number of nitrogens with zero attached hydrogens (tertiary/aromatic N) is 1. The number of esters is 1. The van der Waals surface area contributed by atoms with E-state index in [2.05, 4.69) is 4.98 Å². The highest BCUT2D eigenvalue weighted by atomic mass is 35.7. The van der Waals surface area contributed by atoms with Gasteiger partial charge in [0.15, 0.2) is 0 Å². The van der Waals surface area contributed by atoms with Crippen molar-refractivity contribution in [2.24, 2.45) is 0 Å². The Kier molecular flexibility index (Phi) is 4.74. The molecule has 1 heterocycles. The van der Waals surface area contributed by atoms with Gasteiger partial charge >= 0.3 is 5.97 Å². The van der Waals surface area contributed by atoms with Gasteiger partial charge in [-0.15, -0.1) is 0 Å². The maximum absolute atomic E-state index is 12.2. The second kappa shape index (κ2) is 6.82. The molecule has 0 saturated carbocycles. The molecule has 1 aromatic heterocycles. The number of pyridine rings is 1. The van der Waals surface area contributed by atoms with Gasteiger partial charge in [0.1, 0.15) is 5.75 Å². The van der Waals surface area contributed by atoms with Crippen LogP contribution in [0, 0.1) is 6.92 Å². The van der Waals surface area contributed by atoms with E-state index < -0.39 is 15.0 Å². The zero-order valence-corrected chi connectivity index (χ0v) is 14.8. The number of fused-ring (bicyclic) bond motifs is 1. The molecule has 0 aliphatic carbocycles. The third kappa shape index (κ3) is 3.97. The van der Waals surface area contributed by atoms with Gasteiger partial charge in [0.05, 0.1) is 16.8 Å². The number of para-hydroxylation sites is 1. The summed E-state index contributed by atoms with van der Waals surface area (Å²) in [4.78, 5) is 16.5. The molecule has 0 unspecified atom stereocenters. The molecule has 3 aromatic rings. The smallest absolute Gasteiger partial charge is 0.315 e. The van der Waals surface area contributed by atoms with E-state index >= 15 is 0 Å². The number of halogens is 1. The second-order valence-corrected chi connectivity index (χ2v) is 8.08. The number of ether oxygens (including phenoxy) is 1. The number of hydrogen-bond acceptors (Lipinski definition) is 5. The van der Waals surface area contributed by atoms with E-state index in [0.29, 0.717) is 11.3 Å². The van der Waals surface area contributed by atoms with Crippen LogP contribution in [0.5, 0.6) is 5.75 Å². The van der Waals surface area contributed by atoms with Gasteiger partial charge in [0.2, 0.25) is 0 Å². The van der Waals surface area contributed by atoms with Gasteiger partial charge in [-0.25, -0.2) is 8.42 Å². The molecule has 128 valence electrons. The van der Waals surface area contributed by atoms with Crippen molar-refractivity contribution in [3.8, 4) is 5.75 Å². The van der Waals surface area contributed by atoms with Crippen molar-refractivity contribution in [3.05, 3.63) is 65.9 Å². The molecule has 25 heavy (non-hydrogen) atoms. The molecule has 7 heteroatoms. The summed E-state index contributed by atoms with van der Waals surface area (Å²) in [6, 6.07) is 13.1. The summed E-state index contributed by atoms with van der Waals surface area (Å²) in [5, 5.41) is 0.763. The SMILES string of the molecule is Cc1cccc2c(OC(=O)Cc3ccc(S(=O)(=O)Cl)cc3)ccnc12. The monoisotopic (exact) mass is 375 g/mol. The zero-order chi connectivity index (χ0) is 18.0. The molecular formula is C18H14ClNO4S. The van der Waals surface area contributed by atoms with Crippen molar-refractivity contribution >= 4 is 36.6 Å². The summed E-state index contributed by atoms with van der Waals surface area (Å²) >= 11 is 0. The van der Waals surface area contributed by atoms with E-state index in [1.54, 1.807) is 12.3 Å². The number of carbonyl (C=O) groups is 1. The lowest BCUT2D eigenvalue weighted by Gasteiger charge is -2.09. The van der Waals surface area contributed by atoms with Crippen LogP contribution < -0.4 is 4.74 Å². The number of hydrogen-bond donors (Lipinski definition) is 0. The van der Waals surface area contributed by atoms with Crippen LogP contribution in [0.1, 0.15) is 11.1 Å². The first kappa shape index (κ1) is 17.4. The molecule has 0 radical (unpaired) electrons. The van der Waals surface area contributed by atoms with E-state index in [9.17, 15) is 13.2 Å². The number of aryl methyl sites for hydroxylation is 1. The van der Waals surface area contributed by atoms with E-state index in [1.165, 1.54) is 24.3 Å². The van der Waals surface area contributed by atoms with Crippen molar-refractivity contribution in [2.75, 3.05) is 0 Å². The van der Waals surface area contributed by atoms with E-state index in [1.807, 2.05) is 25.1 Å². The average molecular weight is 376 g/mol. The molecule has 0 amide bonds. The Morgan fingerprint density at radius 2 is 1.84 bits per heavy atom. The molecule has 0 bridgehead atoms. The predicted molar refractivity (Wildman–Crippen MR) is 95.3 cm³/mol. The van der Waals surface area contributed by atoms with Gasteiger partial charge in [-0.05, 0) is 42.3 Å². The van der Waals surface area contributed by atoms with Crippen molar-refractivity contribution in [1.82, 2.24) is 4.98 Å². The molecule has 0 aliphatic heterocycles. The minimum atomic E-state index is -3.78. The van der Waals surface area contributed by atoms with E-state index in [-0.39, 0.29) is 11.3 Å². The number of aromatic nitrogens is 1. The number of carbonyl (C=O) groups excluding carboxylic acids is 1. The van der Waals surface area contributed by atoms with Gasteiger partial charge in [-0.1, -0.05) is 24.3 Å². The maximum Gasteiger partial charge on any atom is 0.315 e. The lowest BCUT2D eigenvalue weighted by Crippen LogP contribution is -2.11. The topological polar surface area (TPSA) is 73.3 Å². The predicted octanol–water partition coefficient (Wildman–Crippen LogP) is 3.62. The van der Waals surface area contributed by atoms with Crippen LogP contribution >= 0.6 is 10.7 Å². The molecule has 2 aromatic carbocycles. The molecule has 0 saturated heterocycles. The Labute approximate surface area is 149 Å². The van der Waals surface area contributed by atoms with Crippen LogP contribution in [0.2, 0.25) is 0 Å². The summed E-state index contributed by atoms with van der Waals surface area (Å²) in [6.07, 6.45) is 1.61. The molecule has 3 rings (SSSR count). The Bertz CT molecular complexity index is 1050. The fourth-order valence-electron chi connectivity index (χ4n) is 2.48. The fraction of sp³-hybridized carbons (Fsp3) is 0.111. The van der Waals surface area contributed by atoms with Crippen LogP contribution in [0.3, 0.4) is 0 Å². The van der Waals surface area contributed by atoms with Crippen LogP contribution in [0.4, 0.5) is 0 Å². The molecular weight excluding hydrogens is 362 g/mol. The van der Waals surface area contributed by atoms with Gasteiger partial charge in [0.25, 0.3) is 9.05 Å². The maximum atomic E-state index is 12.2. The average Bonchev–Trinajstić information content (AvgIpc) is 2.55. The highest BCUT2D eigenvalue weighted by Crippen LogP contribution is 2.26. The molecule has 0 N–H and O–H groups in total. The third-order valence-corrected chi connectivity index (χ3v) is 5.08. The van der Waals surface area contributed by atoms with Crippen molar-refractivity contribution in [2.45, 2.75) is 18.2 Å². The Balaban J connectivity index is 1.78. The molecule has 5 nitrogen and oxygen atoms in total. The molecule has 0 atom stereocenters. The van der Waals surface area contributed by atoms with Crippen LogP contribution in [-0.4, -0.2) is 19.4 Å². The summed E-state index contributed by atoms with van der Waals surface area (Å²) in [7, 11) is 1.49. The van der Waals surface area contributed by atoms with Crippen molar-refractivity contribution in [1.29, 1.82) is 0 Å². The number of rotatable bonds is 4. The lowest BCUT2D eigenvalue weighted by atomic mass is 10.1. The second-order valence-electron chi connectivity index (χ2n) is 5.51. The summed E-state index contributed by atoms with van der Waals surface area (Å²) in [5.74, 6) is -0.00542. The van der Waals surface area contributed by atoms with Gasteiger partial charge in [-0.2, -0.15) is 0 Å². The summed E-state index contributed by atoms with van der Waals surface area (Å²) < 4.78 is 27.9. The highest BCUT2D eigenvalue weighted by molar-refractivity contribution is 8.13. The quantitative estimate of drug-likeness (QED) is 0.514. The van der Waals surface area contributed by atoms with Crippen LogP contribution in [-0.2, 0) is 20.3 Å². The first-order valence-electron chi connectivity index (χ1n) is 7.43. The standard InChI is InChI=1S/C18H14ClNO4S/c1-12-3-2-4-15-16(9-10-20-18(12)15)24-17(21)11-13-5-7-14(8-6-13)25(19,22)23/h2-10H,11H2,1H3. The van der Waals surface area contributed by atoms with Crippen LogP contribution in [0.15, 0.2) is 59.6 Å². The van der Waals surface area contributed by atoms with E-state index in [0.717, 1.165) is 16.5 Å². The van der Waals surface area contributed by atoms with Crippen molar-refractivity contribution in [3.63, 3.8) is 0 Å². The minimum absolute atomic E-state index is 0.0121. The van der Waals surface area contributed by atoms with E-state index in [4.69, 9.17) is 15.4 Å². The van der Waals surface area contributed by atoms with Gasteiger partial charge in [-0.3, -0.25) is 9.78 Å². The highest BCUT2D eigenvalue weighted by Gasteiger charge is 2.13. The largest absolute Gasteiger partial charge is 0.425 e. The van der Waals surface area contributed by atoms with Crippen molar-refractivity contribution < 1.29 is 17.9 Å². The lowest BCUT2D eigenvalue weighted by molar-refractivity contribution is -0.133. The number of benzene rings is 2. The van der Waals surface area contributed by atoms with Gasteiger partial charge < -0.3 is 4.74 Å². The fourth-order valence-corrected chi connectivity index (χ4v) is 3.25. The molecule has 0 spiro atoms. The Morgan fingerprint density at radius 3 is 2.52 bits per heavy atom. The molecule has 0 fully saturated rings. The third-order valence-electron chi connectivity index (χ3n) is 3.71. The Morgan fingerprint density at radius 1 is 1.12 bits per heavy atom.